The van der Waals surface area contributed by atoms with Gasteiger partial charge in [0.1, 0.15) is 6.54 Å². The van der Waals surface area contributed by atoms with Crippen molar-refractivity contribution in [2.24, 2.45) is 5.92 Å². The van der Waals surface area contributed by atoms with Crippen LogP contribution in [0.4, 0.5) is 5.95 Å². The maximum absolute atomic E-state index is 12.1. The van der Waals surface area contributed by atoms with Crippen LogP contribution in [0, 0.1) is 5.92 Å². The van der Waals surface area contributed by atoms with Crippen molar-refractivity contribution in [3.8, 4) is 0 Å². The molecule has 3 rings (SSSR count). The Bertz CT molecular complexity index is 675. The zero-order valence-corrected chi connectivity index (χ0v) is 12.7. The van der Waals surface area contributed by atoms with Crippen LogP contribution < -0.4 is 15.8 Å². The molecule has 22 heavy (non-hydrogen) atoms. The molecule has 0 spiro atoms. The molecule has 4 atom stereocenters. The largest absolute Gasteiger partial charge is 0.376 e. The minimum atomic E-state index is -3.39. The molecule has 12 heteroatoms. The normalized spacial score (nSPS) is 30.6. The topological polar surface area (TPSA) is 154 Å². The fraction of sp³-hybridized carbons (Fsp3) is 0.800. The summed E-state index contributed by atoms with van der Waals surface area (Å²) >= 11 is 0. The Morgan fingerprint density at radius 3 is 2.91 bits per heavy atom. The van der Waals surface area contributed by atoms with E-state index in [9.17, 15) is 13.2 Å². The Hall–Kier alpha value is -1.79. The minimum absolute atomic E-state index is 0.0386. The van der Waals surface area contributed by atoms with Crippen LogP contribution in [-0.2, 0) is 26.1 Å². The number of hydrogen-bond acceptors (Lipinski definition) is 8. The van der Waals surface area contributed by atoms with Gasteiger partial charge in [0.15, 0.2) is 0 Å². The lowest BCUT2D eigenvalue weighted by atomic mass is 9.72. The van der Waals surface area contributed by atoms with E-state index in [1.165, 1.54) is 0 Å². The lowest BCUT2D eigenvalue weighted by Crippen LogP contribution is -2.71. The monoisotopic (exact) mass is 331 g/mol. The molecule has 2 aliphatic rings. The van der Waals surface area contributed by atoms with E-state index in [-0.39, 0.29) is 36.5 Å². The number of nitrogens with two attached hydrogens (primary N) is 1. The number of hydrogen-bond donors (Lipinski definition) is 3. The SMILES string of the molecule is CS(=O)(=O)N[C@H]1[C@H](NC(=O)Cn2nnnc2N)[C@@H]2CCO[C@@H]21. The zero-order chi connectivity index (χ0) is 15.9. The van der Waals surface area contributed by atoms with Crippen LogP contribution in [0.15, 0.2) is 0 Å². The van der Waals surface area contributed by atoms with E-state index in [4.69, 9.17) is 10.5 Å². The number of sulfonamides is 1. The first-order valence-corrected chi connectivity index (χ1v) is 8.64. The molecule has 2 heterocycles. The first-order valence-electron chi connectivity index (χ1n) is 6.75. The number of aromatic nitrogens is 4. The summed E-state index contributed by atoms with van der Waals surface area (Å²) in [6, 6.07) is -0.773. The van der Waals surface area contributed by atoms with Crippen LogP contribution >= 0.6 is 0 Å². The van der Waals surface area contributed by atoms with Gasteiger partial charge >= 0.3 is 0 Å². The molecule has 11 nitrogen and oxygen atoms in total. The number of tetrazole rings is 1. The molecule has 0 unspecified atom stereocenters. The lowest BCUT2D eigenvalue weighted by molar-refractivity contribution is -0.125. The van der Waals surface area contributed by atoms with Gasteiger partial charge in [-0.2, -0.15) is 0 Å². The van der Waals surface area contributed by atoms with Crippen LogP contribution in [-0.4, -0.2) is 65.6 Å². The Kier molecular flexibility index (Phi) is 3.74. The average molecular weight is 331 g/mol. The molecule has 1 saturated heterocycles. The Balaban J connectivity index is 1.64. The van der Waals surface area contributed by atoms with E-state index >= 15 is 0 Å². The quantitative estimate of drug-likeness (QED) is 0.518. The highest BCUT2D eigenvalue weighted by Crippen LogP contribution is 2.39. The van der Waals surface area contributed by atoms with Crippen LogP contribution in [0.25, 0.3) is 0 Å². The molecule has 1 aromatic heterocycles. The van der Waals surface area contributed by atoms with Gasteiger partial charge in [0, 0.05) is 12.5 Å². The van der Waals surface area contributed by atoms with Gasteiger partial charge in [-0.1, -0.05) is 5.10 Å². The molecule has 0 bridgehead atoms. The third-order valence-electron chi connectivity index (χ3n) is 3.92. The molecule has 122 valence electrons. The third-order valence-corrected chi connectivity index (χ3v) is 4.62. The third kappa shape index (κ3) is 2.89. The summed E-state index contributed by atoms with van der Waals surface area (Å²) in [6.45, 7) is 0.433. The van der Waals surface area contributed by atoms with Crippen LogP contribution in [0.1, 0.15) is 6.42 Å². The van der Waals surface area contributed by atoms with Crippen LogP contribution in [0.3, 0.4) is 0 Å². The Labute approximate surface area is 126 Å². The smallest absolute Gasteiger partial charge is 0.242 e. The van der Waals surface area contributed by atoms with E-state index in [0.717, 1.165) is 17.4 Å². The van der Waals surface area contributed by atoms with Gasteiger partial charge < -0.3 is 15.8 Å². The standard InChI is InChI=1S/C10H17N7O4S/c1-22(19,20)14-8-7(5-2-3-21-9(5)8)12-6(18)4-17-10(11)13-15-16-17/h5,7-9,14H,2-4H2,1H3,(H,12,18)(H2,11,13,16)/t5-,7+,8-,9-/m0/s1. The highest BCUT2D eigenvalue weighted by atomic mass is 32.2. The van der Waals surface area contributed by atoms with Crippen molar-refractivity contribution >= 4 is 21.9 Å². The van der Waals surface area contributed by atoms with Crippen molar-refractivity contribution in [1.82, 2.24) is 30.2 Å². The number of fused-ring (bicyclic) bond motifs is 1. The van der Waals surface area contributed by atoms with Crippen molar-refractivity contribution in [1.29, 1.82) is 0 Å². The number of rotatable bonds is 5. The second kappa shape index (κ2) is 5.44. The summed E-state index contributed by atoms with van der Waals surface area (Å²) in [7, 11) is -3.39. The van der Waals surface area contributed by atoms with Crippen LogP contribution in [0.2, 0.25) is 0 Å². The van der Waals surface area contributed by atoms with Gasteiger partial charge in [-0.3, -0.25) is 4.79 Å². The Morgan fingerprint density at radius 1 is 1.50 bits per heavy atom. The molecule has 0 aromatic carbocycles. The van der Waals surface area contributed by atoms with Gasteiger partial charge in [-0.25, -0.2) is 17.8 Å². The van der Waals surface area contributed by atoms with Gasteiger partial charge in [0.05, 0.1) is 24.4 Å². The van der Waals surface area contributed by atoms with E-state index < -0.39 is 16.1 Å². The summed E-state index contributed by atoms with van der Waals surface area (Å²) in [6.07, 6.45) is 1.67. The van der Waals surface area contributed by atoms with Crippen molar-refractivity contribution in [2.45, 2.75) is 31.2 Å². The van der Waals surface area contributed by atoms with Crippen molar-refractivity contribution < 1.29 is 17.9 Å². The summed E-state index contributed by atoms with van der Waals surface area (Å²) in [5, 5.41) is 13.2. The number of nitrogens with zero attached hydrogens (tertiary/aromatic N) is 4. The summed E-state index contributed by atoms with van der Waals surface area (Å²) in [5.74, 6) is -0.194. The molecular weight excluding hydrogens is 314 g/mol. The highest BCUT2D eigenvalue weighted by Gasteiger charge is 2.55. The zero-order valence-electron chi connectivity index (χ0n) is 11.8. The second-order valence-electron chi connectivity index (χ2n) is 5.49. The average Bonchev–Trinajstić information content (AvgIpc) is 3.00. The molecule has 1 aromatic rings. The van der Waals surface area contributed by atoms with Crippen LogP contribution in [0.5, 0.6) is 0 Å². The lowest BCUT2D eigenvalue weighted by Gasteiger charge is -2.47. The van der Waals surface area contributed by atoms with E-state index in [0.29, 0.717) is 6.61 Å². The maximum Gasteiger partial charge on any atom is 0.242 e. The molecule has 1 aliphatic heterocycles. The number of anilines is 1. The predicted octanol–water partition coefficient (Wildman–Crippen LogP) is -2.92. The van der Waals surface area contributed by atoms with Crippen molar-refractivity contribution in [2.75, 3.05) is 18.6 Å². The van der Waals surface area contributed by atoms with Gasteiger partial charge in [-0.15, -0.1) is 0 Å². The predicted molar refractivity (Wildman–Crippen MR) is 73.8 cm³/mol. The number of nitrogens with one attached hydrogen (secondary N) is 2. The number of carbonyl (C=O) groups excluding carboxylic acids is 1. The number of ether oxygens (including phenoxy) is 1. The van der Waals surface area contributed by atoms with E-state index in [1.807, 2.05) is 0 Å². The summed E-state index contributed by atoms with van der Waals surface area (Å²) < 4.78 is 32.0. The van der Waals surface area contributed by atoms with Gasteiger partial charge in [-0.05, 0) is 16.8 Å². The molecule has 2 fully saturated rings. The number of nitrogen functional groups attached to an aromatic ring is 1. The molecule has 1 saturated carbocycles. The molecule has 1 amide bonds. The summed E-state index contributed by atoms with van der Waals surface area (Å²) in [5.41, 5.74) is 5.50. The van der Waals surface area contributed by atoms with E-state index in [2.05, 4.69) is 25.6 Å². The highest BCUT2D eigenvalue weighted by molar-refractivity contribution is 7.88. The number of carbonyl (C=O) groups is 1. The second-order valence-corrected chi connectivity index (χ2v) is 7.27. The van der Waals surface area contributed by atoms with E-state index in [1.54, 1.807) is 0 Å². The molecular formula is C10H17N7O4S. The fourth-order valence-corrected chi connectivity index (χ4v) is 3.76. The molecule has 1 aliphatic carbocycles. The molecule has 4 N–H and O–H groups in total. The van der Waals surface area contributed by atoms with Crippen molar-refractivity contribution in [3.63, 3.8) is 0 Å². The fourth-order valence-electron chi connectivity index (χ4n) is 2.98. The summed E-state index contributed by atoms with van der Waals surface area (Å²) in [4.78, 5) is 12.1. The minimum Gasteiger partial charge on any atom is -0.376 e. The Morgan fingerprint density at radius 2 is 2.27 bits per heavy atom. The van der Waals surface area contributed by atoms with Gasteiger partial charge in [0.2, 0.25) is 21.9 Å². The molecule has 0 radical (unpaired) electrons. The first kappa shape index (κ1) is 15.1. The first-order chi connectivity index (χ1) is 10.3. The number of amides is 1. The van der Waals surface area contributed by atoms with Gasteiger partial charge in [0.25, 0.3) is 0 Å². The van der Waals surface area contributed by atoms with Crippen molar-refractivity contribution in [3.05, 3.63) is 0 Å². The maximum atomic E-state index is 12.1.